The Bertz CT molecular complexity index is 394. The van der Waals surface area contributed by atoms with Crippen LogP contribution in [0.4, 0.5) is 0 Å². The van der Waals surface area contributed by atoms with Crippen molar-refractivity contribution in [2.24, 2.45) is 0 Å². The van der Waals surface area contributed by atoms with E-state index < -0.39 is 0 Å². The Labute approximate surface area is 119 Å². The molecule has 0 radical (unpaired) electrons. The van der Waals surface area contributed by atoms with Crippen LogP contribution in [0.5, 0.6) is 0 Å². The Morgan fingerprint density at radius 1 is 1.39 bits per heavy atom. The highest BCUT2D eigenvalue weighted by Crippen LogP contribution is 2.12. The highest BCUT2D eigenvalue weighted by molar-refractivity contribution is 6.30. The average molecular weight is 289 g/mol. The van der Waals surface area contributed by atoms with Crippen molar-refractivity contribution in [2.45, 2.75) is 31.8 Å². The van der Waals surface area contributed by atoms with Crippen molar-refractivity contribution < 1.29 is 4.79 Å². The number of nitrogens with one attached hydrogen (secondary N) is 2. The fraction of sp³-hybridized carbons (Fsp3) is 0.462. The molecule has 0 aromatic heterocycles. The summed E-state index contributed by atoms with van der Waals surface area (Å²) in [5.41, 5.74) is 0.659. The third kappa shape index (κ3) is 3.87. The molecule has 18 heavy (non-hydrogen) atoms. The van der Waals surface area contributed by atoms with Gasteiger partial charge in [-0.15, -0.1) is 12.4 Å². The van der Waals surface area contributed by atoms with E-state index in [9.17, 15) is 4.79 Å². The molecule has 2 unspecified atom stereocenters. The second-order valence-electron chi connectivity index (χ2n) is 4.47. The second kappa shape index (κ2) is 6.98. The lowest BCUT2D eigenvalue weighted by atomic mass is 9.99. The normalized spacial score (nSPS) is 23.0. The molecular formula is C13H18Cl2N2O. The van der Waals surface area contributed by atoms with Crippen molar-refractivity contribution >= 4 is 29.9 Å². The highest BCUT2D eigenvalue weighted by Gasteiger charge is 2.22. The van der Waals surface area contributed by atoms with Gasteiger partial charge in [0.25, 0.3) is 5.91 Å². The minimum Gasteiger partial charge on any atom is -0.348 e. The molecule has 0 bridgehead atoms. The van der Waals surface area contributed by atoms with Gasteiger partial charge in [-0.3, -0.25) is 4.79 Å². The van der Waals surface area contributed by atoms with Gasteiger partial charge in [0.1, 0.15) is 0 Å². The predicted octanol–water partition coefficient (Wildman–Crippen LogP) is 2.63. The molecule has 0 spiro atoms. The van der Waals surface area contributed by atoms with Crippen molar-refractivity contribution in [1.82, 2.24) is 10.6 Å². The molecule has 0 aliphatic carbocycles. The van der Waals surface area contributed by atoms with Crippen LogP contribution >= 0.6 is 24.0 Å². The van der Waals surface area contributed by atoms with Crippen LogP contribution in [0, 0.1) is 0 Å². The van der Waals surface area contributed by atoms with E-state index in [2.05, 4.69) is 17.6 Å². The summed E-state index contributed by atoms with van der Waals surface area (Å²) in [5, 5.41) is 7.07. The minimum atomic E-state index is -0.0257. The summed E-state index contributed by atoms with van der Waals surface area (Å²) in [7, 11) is 0. The zero-order valence-electron chi connectivity index (χ0n) is 10.3. The van der Waals surface area contributed by atoms with E-state index in [1.807, 2.05) is 0 Å². The first-order valence-electron chi connectivity index (χ1n) is 5.96. The second-order valence-corrected chi connectivity index (χ2v) is 4.91. The molecule has 2 N–H and O–H groups in total. The molecule has 5 heteroatoms. The summed E-state index contributed by atoms with van der Waals surface area (Å²) in [6, 6.07) is 7.52. The molecule has 1 aliphatic heterocycles. The number of carbonyl (C=O) groups is 1. The van der Waals surface area contributed by atoms with Gasteiger partial charge >= 0.3 is 0 Å². The summed E-state index contributed by atoms with van der Waals surface area (Å²) < 4.78 is 0. The molecule has 1 aromatic carbocycles. The van der Waals surface area contributed by atoms with Gasteiger partial charge in [0.05, 0.1) is 0 Å². The smallest absolute Gasteiger partial charge is 0.251 e. The number of rotatable bonds is 2. The third-order valence-corrected chi connectivity index (χ3v) is 3.44. The molecule has 1 aromatic rings. The van der Waals surface area contributed by atoms with Crippen LogP contribution in [0.15, 0.2) is 24.3 Å². The lowest BCUT2D eigenvalue weighted by Crippen LogP contribution is -2.51. The summed E-state index contributed by atoms with van der Waals surface area (Å²) in [6.07, 6.45) is 2.14. The number of piperidine rings is 1. The van der Waals surface area contributed by atoms with Crippen LogP contribution in [0.1, 0.15) is 30.1 Å². The Kier molecular flexibility index (Phi) is 5.93. The summed E-state index contributed by atoms with van der Waals surface area (Å²) in [4.78, 5) is 12.0. The number of hydrogen-bond donors (Lipinski definition) is 2. The van der Waals surface area contributed by atoms with E-state index >= 15 is 0 Å². The van der Waals surface area contributed by atoms with E-state index in [0.717, 1.165) is 19.4 Å². The van der Waals surface area contributed by atoms with Gasteiger partial charge < -0.3 is 10.6 Å². The van der Waals surface area contributed by atoms with E-state index in [1.165, 1.54) is 0 Å². The number of hydrogen-bond acceptors (Lipinski definition) is 2. The quantitative estimate of drug-likeness (QED) is 0.878. The number of benzene rings is 1. The van der Waals surface area contributed by atoms with Crippen molar-refractivity contribution in [3.63, 3.8) is 0 Å². The van der Waals surface area contributed by atoms with Crippen LogP contribution in [0.3, 0.4) is 0 Å². The lowest BCUT2D eigenvalue weighted by molar-refractivity contribution is 0.0920. The van der Waals surface area contributed by atoms with Crippen LogP contribution in [0.25, 0.3) is 0 Å². The van der Waals surface area contributed by atoms with Crippen molar-refractivity contribution in [2.75, 3.05) is 6.54 Å². The minimum absolute atomic E-state index is 0. The third-order valence-electron chi connectivity index (χ3n) is 3.18. The molecule has 1 saturated heterocycles. The van der Waals surface area contributed by atoms with E-state index in [1.54, 1.807) is 24.3 Å². The number of halogens is 2. The molecule has 100 valence electrons. The van der Waals surface area contributed by atoms with Crippen LogP contribution in [-0.2, 0) is 0 Å². The molecular weight excluding hydrogens is 271 g/mol. The van der Waals surface area contributed by atoms with Gasteiger partial charge in [-0.2, -0.15) is 0 Å². The van der Waals surface area contributed by atoms with Gasteiger partial charge in [-0.25, -0.2) is 0 Å². The first-order valence-corrected chi connectivity index (χ1v) is 6.34. The highest BCUT2D eigenvalue weighted by atomic mass is 35.5. The number of amides is 1. The maximum absolute atomic E-state index is 12.0. The van der Waals surface area contributed by atoms with Gasteiger partial charge in [0.2, 0.25) is 0 Å². The Morgan fingerprint density at radius 3 is 2.67 bits per heavy atom. The van der Waals surface area contributed by atoms with Crippen LogP contribution in [-0.4, -0.2) is 24.5 Å². The predicted molar refractivity (Wildman–Crippen MR) is 76.7 cm³/mol. The molecule has 1 amide bonds. The standard InChI is InChI=1S/C13H17ClN2O.ClH/c1-9-12(3-2-8-15-9)16-13(17)10-4-6-11(14)7-5-10;/h4-7,9,12,15H,2-3,8H2,1H3,(H,16,17);1H. The van der Waals surface area contributed by atoms with Gasteiger partial charge in [0, 0.05) is 22.7 Å². The first-order chi connectivity index (χ1) is 8.16. The lowest BCUT2D eigenvalue weighted by Gasteiger charge is -2.30. The summed E-state index contributed by atoms with van der Waals surface area (Å²) >= 11 is 5.79. The molecule has 1 fully saturated rings. The SMILES string of the molecule is CC1NCCCC1NC(=O)c1ccc(Cl)cc1.Cl. The summed E-state index contributed by atoms with van der Waals surface area (Å²) in [6.45, 7) is 3.14. The fourth-order valence-electron chi connectivity index (χ4n) is 2.09. The fourth-order valence-corrected chi connectivity index (χ4v) is 2.22. The molecule has 2 rings (SSSR count). The first kappa shape index (κ1) is 15.3. The molecule has 1 heterocycles. The average Bonchev–Trinajstić information content (AvgIpc) is 2.33. The Morgan fingerprint density at radius 2 is 2.06 bits per heavy atom. The largest absolute Gasteiger partial charge is 0.348 e. The van der Waals surface area contributed by atoms with E-state index in [-0.39, 0.29) is 24.4 Å². The van der Waals surface area contributed by atoms with Crippen LogP contribution in [0.2, 0.25) is 5.02 Å². The van der Waals surface area contributed by atoms with Gasteiger partial charge in [-0.1, -0.05) is 11.6 Å². The van der Waals surface area contributed by atoms with Crippen molar-refractivity contribution in [1.29, 1.82) is 0 Å². The molecule has 0 saturated carbocycles. The maximum atomic E-state index is 12.0. The molecule has 1 aliphatic rings. The van der Waals surface area contributed by atoms with Crippen molar-refractivity contribution in [3.8, 4) is 0 Å². The monoisotopic (exact) mass is 288 g/mol. The van der Waals surface area contributed by atoms with E-state index in [4.69, 9.17) is 11.6 Å². The zero-order chi connectivity index (χ0) is 12.3. The van der Waals surface area contributed by atoms with Gasteiger partial charge in [0.15, 0.2) is 0 Å². The van der Waals surface area contributed by atoms with E-state index in [0.29, 0.717) is 16.6 Å². The zero-order valence-corrected chi connectivity index (χ0v) is 11.9. The van der Waals surface area contributed by atoms with Gasteiger partial charge in [-0.05, 0) is 50.6 Å². The van der Waals surface area contributed by atoms with Crippen molar-refractivity contribution in [3.05, 3.63) is 34.9 Å². The molecule has 3 nitrogen and oxygen atoms in total. The Balaban J connectivity index is 0.00000162. The topological polar surface area (TPSA) is 41.1 Å². The number of carbonyl (C=O) groups excluding carboxylic acids is 1. The Hall–Kier alpha value is -0.770. The maximum Gasteiger partial charge on any atom is 0.251 e. The van der Waals surface area contributed by atoms with Crippen LogP contribution < -0.4 is 10.6 Å². The molecule has 2 atom stereocenters. The summed E-state index contributed by atoms with van der Waals surface area (Å²) in [5.74, 6) is -0.0257.